The van der Waals surface area contributed by atoms with E-state index in [1.807, 2.05) is 55.4 Å². The third kappa shape index (κ3) is 9.19. The Morgan fingerprint density at radius 1 is 0.517 bits per heavy atom. The second-order valence-electron chi connectivity index (χ2n) is 14.5. The number of para-hydroxylation sites is 1. The second kappa shape index (κ2) is 21.5. The van der Waals surface area contributed by atoms with Crippen LogP contribution in [0.4, 0.5) is 5.69 Å². The Balaban J connectivity index is 0.000000714. The minimum Gasteiger partial charge on any atom is -0.460 e. The molecular formula is C56H66N2O2. The first-order valence-electron chi connectivity index (χ1n) is 23.0. The van der Waals surface area contributed by atoms with Crippen LogP contribution in [0.25, 0.3) is 45.2 Å². The van der Waals surface area contributed by atoms with Crippen molar-refractivity contribution in [3.05, 3.63) is 173 Å². The first-order valence-corrected chi connectivity index (χ1v) is 23.0. The summed E-state index contributed by atoms with van der Waals surface area (Å²) < 4.78 is 13.0. The monoisotopic (exact) mass is 799 g/mol. The van der Waals surface area contributed by atoms with E-state index in [1.54, 1.807) is 0 Å². The van der Waals surface area contributed by atoms with E-state index < -0.39 is 0 Å². The summed E-state index contributed by atoms with van der Waals surface area (Å²) in [4.78, 5) is 5.09. The Morgan fingerprint density at radius 2 is 1.03 bits per heavy atom. The van der Waals surface area contributed by atoms with Gasteiger partial charge in [-0.15, -0.1) is 0 Å². The predicted molar refractivity (Wildman–Crippen MR) is 260 cm³/mol. The van der Waals surface area contributed by atoms with Crippen molar-refractivity contribution in [1.82, 2.24) is 4.90 Å². The molecule has 0 aliphatic heterocycles. The molecule has 0 fully saturated rings. The summed E-state index contributed by atoms with van der Waals surface area (Å²) in [6.07, 6.45) is 37.6. The van der Waals surface area contributed by atoms with E-state index in [-0.39, 0.29) is 6.04 Å². The molecule has 0 bridgehead atoms. The number of nitrogens with zero attached hydrogens (tertiary/aromatic N) is 2. The van der Waals surface area contributed by atoms with Crippen molar-refractivity contribution in [3.8, 4) is 11.1 Å². The van der Waals surface area contributed by atoms with Gasteiger partial charge in [0.1, 0.15) is 22.7 Å². The third-order valence-corrected chi connectivity index (χ3v) is 11.3. The average molecular weight is 799 g/mol. The highest BCUT2D eigenvalue weighted by Crippen LogP contribution is 2.42. The van der Waals surface area contributed by atoms with Crippen LogP contribution in [0.15, 0.2) is 159 Å². The molecule has 5 aliphatic carbocycles. The smallest absolute Gasteiger partial charge is 0.134 e. The summed E-state index contributed by atoms with van der Waals surface area (Å²) in [5, 5.41) is 2.36. The fourth-order valence-electron chi connectivity index (χ4n) is 8.75. The SMILES string of the molecule is C1=CCC(N(C2=CCCC=C2)C2=Cc3c(oc4ccc(-c5ccc6oc7c(c6c5)C=C(N(c5ccccc5)C5C=CC=CC5)CC7)cc34)CC2)C=C1.CC.CC.CC.CC. The summed E-state index contributed by atoms with van der Waals surface area (Å²) in [7, 11) is 0. The quantitative estimate of drug-likeness (QED) is 0.164. The van der Waals surface area contributed by atoms with Crippen molar-refractivity contribution in [3.63, 3.8) is 0 Å². The van der Waals surface area contributed by atoms with E-state index >= 15 is 0 Å². The van der Waals surface area contributed by atoms with Gasteiger partial charge in [-0.05, 0) is 104 Å². The molecule has 60 heavy (non-hydrogen) atoms. The van der Waals surface area contributed by atoms with Crippen LogP contribution >= 0.6 is 0 Å². The summed E-state index contributed by atoms with van der Waals surface area (Å²) in [5.41, 5.74) is 11.9. The van der Waals surface area contributed by atoms with E-state index in [0.29, 0.717) is 6.04 Å². The van der Waals surface area contributed by atoms with Crippen molar-refractivity contribution in [2.75, 3.05) is 4.90 Å². The number of anilines is 1. The minimum absolute atomic E-state index is 0.287. The van der Waals surface area contributed by atoms with Gasteiger partial charge in [0.2, 0.25) is 0 Å². The Hall–Kier alpha value is -5.74. The number of hydrogen-bond acceptors (Lipinski definition) is 4. The van der Waals surface area contributed by atoms with Crippen LogP contribution in [-0.2, 0) is 12.8 Å². The number of benzene rings is 3. The van der Waals surface area contributed by atoms with Crippen LogP contribution in [0.3, 0.4) is 0 Å². The standard InChI is InChI=1S/C48H42N2O2.4C2H6/c1-5-13-35(14-6-1)49(36-15-7-2-8-16-36)39-23-27-47-43(31-39)41-29-33(21-25-45(41)51-47)34-22-26-46-42(30-34)44-32-40(24-28-48(44)52-46)50(37-17-9-3-10-18-37)38-19-11-4-12-20-38;4*1-2/h1-3,5-11,13-15,17,19-22,25-26,29-32,36-37H,4,12,16,18,23-24,27-28H2;4*1-2H3. The Labute approximate surface area is 360 Å². The number of furan rings is 2. The second-order valence-corrected chi connectivity index (χ2v) is 14.5. The lowest BCUT2D eigenvalue weighted by Gasteiger charge is -2.37. The van der Waals surface area contributed by atoms with Gasteiger partial charge < -0.3 is 18.6 Å². The zero-order valence-electron chi connectivity index (χ0n) is 37.4. The van der Waals surface area contributed by atoms with Gasteiger partial charge >= 0.3 is 0 Å². The zero-order valence-corrected chi connectivity index (χ0v) is 37.4. The van der Waals surface area contributed by atoms with E-state index in [4.69, 9.17) is 8.83 Å². The van der Waals surface area contributed by atoms with Crippen molar-refractivity contribution in [1.29, 1.82) is 0 Å². The maximum Gasteiger partial charge on any atom is 0.134 e. The Kier molecular flexibility index (Phi) is 15.7. The Morgan fingerprint density at radius 3 is 1.52 bits per heavy atom. The molecule has 2 atom stereocenters. The number of fused-ring (bicyclic) bond motifs is 6. The van der Waals surface area contributed by atoms with Crippen LogP contribution in [0.1, 0.15) is 117 Å². The molecule has 4 nitrogen and oxygen atoms in total. The molecule has 0 spiro atoms. The molecule has 5 aliphatic rings. The van der Waals surface area contributed by atoms with Gasteiger partial charge in [0.15, 0.2) is 0 Å². The fourth-order valence-corrected chi connectivity index (χ4v) is 8.75. The number of hydrogen-bond donors (Lipinski definition) is 0. The molecule has 10 rings (SSSR count). The molecule has 0 saturated heterocycles. The van der Waals surface area contributed by atoms with Gasteiger partial charge in [-0.1, -0.05) is 146 Å². The van der Waals surface area contributed by atoms with Gasteiger partial charge in [0, 0.05) is 57.5 Å². The molecule has 0 saturated carbocycles. The lowest BCUT2D eigenvalue weighted by molar-refractivity contribution is 0.354. The van der Waals surface area contributed by atoms with Gasteiger partial charge in [-0.2, -0.15) is 0 Å². The molecule has 5 aromatic rings. The average Bonchev–Trinajstić information content (AvgIpc) is 3.90. The number of allylic oxidation sites excluding steroid dienone is 9. The maximum atomic E-state index is 6.50. The highest BCUT2D eigenvalue weighted by Gasteiger charge is 2.28. The summed E-state index contributed by atoms with van der Waals surface area (Å²) >= 11 is 0. The topological polar surface area (TPSA) is 32.8 Å². The van der Waals surface area contributed by atoms with Crippen LogP contribution in [-0.4, -0.2) is 17.0 Å². The highest BCUT2D eigenvalue weighted by atomic mass is 16.3. The molecule has 0 amide bonds. The van der Waals surface area contributed by atoms with Crippen molar-refractivity contribution >= 4 is 39.8 Å². The number of aryl methyl sites for hydroxylation is 2. The van der Waals surface area contributed by atoms with Gasteiger partial charge in [-0.3, -0.25) is 0 Å². The van der Waals surface area contributed by atoms with Gasteiger partial charge in [0.05, 0.1) is 12.1 Å². The van der Waals surface area contributed by atoms with E-state index in [2.05, 4.69) is 156 Å². The van der Waals surface area contributed by atoms with E-state index in [1.165, 1.54) is 55.8 Å². The highest BCUT2D eigenvalue weighted by molar-refractivity contribution is 5.96. The lowest BCUT2D eigenvalue weighted by atomic mass is 9.93. The fraction of sp³-hybridized carbons (Fsp3) is 0.321. The largest absolute Gasteiger partial charge is 0.460 e. The van der Waals surface area contributed by atoms with Crippen LogP contribution in [0.5, 0.6) is 0 Å². The van der Waals surface area contributed by atoms with Crippen molar-refractivity contribution in [2.24, 2.45) is 0 Å². The molecule has 3 aromatic carbocycles. The van der Waals surface area contributed by atoms with Crippen molar-refractivity contribution in [2.45, 2.75) is 119 Å². The molecule has 312 valence electrons. The molecular weight excluding hydrogens is 733 g/mol. The maximum absolute atomic E-state index is 6.50. The molecule has 2 heterocycles. The van der Waals surface area contributed by atoms with E-state index in [9.17, 15) is 0 Å². The first-order chi connectivity index (χ1) is 29.8. The van der Waals surface area contributed by atoms with Gasteiger partial charge in [0.25, 0.3) is 0 Å². The molecule has 0 N–H and O–H groups in total. The summed E-state index contributed by atoms with van der Waals surface area (Å²) in [5.74, 6) is 2.17. The molecule has 0 radical (unpaired) electrons. The van der Waals surface area contributed by atoms with Crippen LogP contribution in [0.2, 0.25) is 0 Å². The van der Waals surface area contributed by atoms with Crippen LogP contribution in [0, 0.1) is 0 Å². The van der Waals surface area contributed by atoms with E-state index in [0.717, 1.165) is 74.1 Å². The molecule has 2 unspecified atom stereocenters. The zero-order chi connectivity index (χ0) is 42.4. The van der Waals surface area contributed by atoms with Crippen molar-refractivity contribution < 1.29 is 8.83 Å². The third-order valence-electron chi connectivity index (χ3n) is 11.3. The summed E-state index contributed by atoms with van der Waals surface area (Å²) in [6.45, 7) is 16.0. The predicted octanol–water partition coefficient (Wildman–Crippen LogP) is 16.3. The minimum atomic E-state index is 0.287. The van der Waals surface area contributed by atoms with Crippen LogP contribution < -0.4 is 4.90 Å². The molecule has 2 aromatic heterocycles. The molecule has 4 heteroatoms. The normalized spacial score (nSPS) is 18.1. The number of rotatable bonds is 7. The first kappa shape index (κ1) is 43.8. The van der Waals surface area contributed by atoms with Gasteiger partial charge in [-0.25, -0.2) is 0 Å². The Bertz CT molecular complexity index is 2440. The lowest BCUT2D eigenvalue weighted by Crippen LogP contribution is -2.34. The summed E-state index contributed by atoms with van der Waals surface area (Å²) in [6, 6.07) is 24.8.